The lowest BCUT2D eigenvalue weighted by Gasteiger charge is -2.40. The number of hydrogen-bond acceptors (Lipinski definition) is 5. The van der Waals surface area contributed by atoms with Gasteiger partial charge in [-0.05, 0) is 50.3 Å². The number of nitrogens with zero attached hydrogens (tertiary/aromatic N) is 1. The van der Waals surface area contributed by atoms with E-state index in [1.54, 1.807) is 23.3 Å². The molecule has 0 unspecified atom stereocenters. The van der Waals surface area contributed by atoms with E-state index in [0.29, 0.717) is 41.8 Å². The molecule has 9 heteroatoms. The van der Waals surface area contributed by atoms with Crippen molar-refractivity contribution in [3.63, 3.8) is 0 Å². The molecule has 1 saturated carbocycles. The van der Waals surface area contributed by atoms with Crippen LogP contribution in [0, 0.1) is 5.82 Å². The fourth-order valence-corrected chi connectivity index (χ4v) is 4.70. The minimum absolute atomic E-state index is 0.0571. The van der Waals surface area contributed by atoms with Gasteiger partial charge in [-0.15, -0.1) is 0 Å². The van der Waals surface area contributed by atoms with Crippen LogP contribution in [0.4, 0.5) is 14.5 Å². The summed E-state index contributed by atoms with van der Waals surface area (Å²) in [6, 6.07) is 3.32. The molecular weight excluding hydrogens is 468 g/mol. The molecule has 0 radical (unpaired) electrons. The van der Waals surface area contributed by atoms with Gasteiger partial charge in [-0.25, -0.2) is 8.78 Å². The van der Waals surface area contributed by atoms with Crippen LogP contribution in [-0.4, -0.2) is 42.7 Å². The van der Waals surface area contributed by atoms with E-state index >= 15 is 4.39 Å². The number of hydrogen-bond donors (Lipinski definition) is 2. The number of anilines is 1. The highest BCUT2D eigenvalue weighted by Gasteiger charge is 2.46. The zero-order valence-corrected chi connectivity index (χ0v) is 20.6. The van der Waals surface area contributed by atoms with Gasteiger partial charge in [-0.3, -0.25) is 14.4 Å². The molecule has 4 rings (SSSR count). The third-order valence-electron chi connectivity index (χ3n) is 6.78. The highest BCUT2D eigenvalue weighted by atomic mass is 19.1. The zero-order chi connectivity index (χ0) is 25.9. The topological polar surface area (TPSA) is 79.9 Å². The maximum atomic E-state index is 15.3. The molecule has 192 valence electrons. The summed E-state index contributed by atoms with van der Waals surface area (Å²) in [5.74, 6) is -1.28. The Kier molecular flexibility index (Phi) is 7.70. The number of likely N-dealkylation sites (N-methyl/N-ethyl adjacent to an activating group) is 1. The van der Waals surface area contributed by atoms with Crippen LogP contribution in [0.25, 0.3) is 0 Å². The highest BCUT2D eigenvalue weighted by molar-refractivity contribution is 6.01. The maximum absolute atomic E-state index is 15.3. The Morgan fingerprint density at radius 3 is 2.67 bits per heavy atom. The van der Waals surface area contributed by atoms with Crippen molar-refractivity contribution in [1.29, 1.82) is 0 Å². The lowest BCUT2D eigenvalue weighted by atomic mass is 9.83. The minimum atomic E-state index is -0.905. The van der Waals surface area contributed by atoms with E-state index in [1.165, 1.54) is 26.1 Å². The molecule has 2 aliphatic heterocycles. The second-order valence-corrected chi connectivity index (χ2v) is 9.23. The number of hydroxylamine groups is 2. The minimum Gasteiger partial charge on any atom is -0.475 e. The van der Waals surface area contributed by atoms with Crippen LogP contribution in [0.2, 0.25) is 0 Å². The van der Waals surface area contributed by atoms with Crippen LogP contribution in [0.1, 0.15) is 44.6 Å². The average molecular weight is 500 g/mol. The molecule has 1 spiro atoms. The van der Waals surface area contributed by atoms with Crippen LogP contribution >= 0.6 is 0 Å². The summed E-state index contributed by atoms with van der Waals surface area (Å²) in [5.41, 5.74) is 0.600. The molecule has 1 fully saturated rings. The number of fused-ring (bicyclic) bond motifs is 1. The van der Waals surface area contributed by atoms with Crippen molar-refractivity contribution in [2.75, 3.05) is 25.5 Å². The Labute approximate surface area is 209 Å². The molecule has 0 aromatic heterocycles. The first-order valence-electron chi connectivity index (χ1n) is 12.1. The van der Waals surface area contributed by atoms with E-state index in [2.05, 4.69) is 17.2 Å². The van der Waals surface area contributed by atoms with E-state index in [0.717, 1.165) is 19.3 Å². The quantitative estimate of drug-likeness (QED) is 0.441. The summed E-state index contributed by atoms with van der Waals surface area (Å²) >= 11 is 0. The number of benzene rings is 1. The maximum Gasteiger partial charge on any atom is 0.268 e. The van der Waals surface area contributed by atoms with E-state index in [1.807, 2.05) is 0 Å². The molecule has 36 heavy (non-hydrogen) atoms. The molecule has 2 amide bonds. The molecule has 0 saturated heterocycles. The van der Waals surface area contributed by atoms with Crippen LogP contribution in [0.15, 0.2) is 59.5 Å². The molecule has 0 bridgehead atoms. The summed E-state index contributed by atoms with van der Waals surface area (Å²) in [6.07, 6.45) is 8.86. The van der Waals surface area contributed by atoms with Gasteiger partial charge in [0.05, 0.1) is 13.2 Å². The van der Waals surface area contributed by atoms with Crippen molar-refractivity contribution >= 4 is 17.5 Å². The fraction of sp³-hybridized carbons (Fsp3) is 0.407. The van der Waals surface area contributed by atoms with E-state index in [4.69, 9.17) is 9.57 Å². The second-order valence-electron chi connectivity index (χ2n) is 9.23. The number of rotatable bonds is 6. The number of amides is 2. The van der Waals surface area contributed by atoms with Crippen molar-refractivity contribution in [3.05, 3.63) is 70.9 Å². The Hall–Kier alpha value is -3.30. The van der Waals surface area contributed by atoms with Crippen LogP contribution in [-0.2, 0) is 21.0 Å². The van der Waals surface area contributed by atoms with Crippen LogP contribution in [0.3, 0.4) is 0 Å². The number of ether oxygens (including phenoxy) is 1. The first-order valence-corrected chi connectivity index (χ1v) is 12.1. The molecule has 1 aromatic carbocycles. The standard InChI is InChI=1S/C27H31F2N3O4/c1-17(25(33)30-3)7-9-21(18(2)28)20-11-14-32(35-16-20)15-19-8-10-22-24(23(19)29)31-26(34)27(36-22)12-5-4-6-13-27/h7-11H,1,4-6,12-16H2,2-3H3,(H,30,33)(H,31,34)/b9-7-,21-18-. The normalized spacial score (nSPS) is 20.2. The average Bonchev–Trinajstić information content (AvgIpc) is 2.88. The first-order chi connectivity index (χ1) is 17.2. The molecule has 1 aliphatic carbocycles. The first kappa shape index (κ1) is 25.8. The molecular formula is C27H31F2N3O4. The molecule has 2 N–H and O–H groups in total. The van der Waals surface area contributed by atoms with Crippen molar-refractivity contribution in [3.8, 4) is 5.75 Å². The Morgan fingerprint density at radius 1 is 1.28 bits per heavy atom. The fourth-order valence-electron chi connectivity index (χ4n) is 4.70. The number of allylic oxidation sites excluding steroid dienone is 2. The SMILES string of the molecule is C=C(/C=C\C(C1=CCN(Cc2ccc3c(c2F)NC(=O)C2(CCCCC2)O3)OC1)=C(/C)F)C(=O)NC. The predicted octanol–water partition coefficient (Wildman–Crippen LogP) is 4.64. The highest BCUT2D eigenvalue weighted by Crippen LogP contribution is 2.42. The Bertz CT molecular complexity index is 1160. The molecule has 2 heterocycles. The van der Waals surface area contributed by atoms with Gasteiger partial charge in [0.1, 0.15) is 17.3 Å². The molecule has 7 nitrogen and oxygen atoms in total. The molecule has 1 aromatic rings. The van der Waals surface area contributed by atoms with Gasteiger partial charge in [0.2, 0.25) is 5.91 Å². The van der Waals surface area contributed by atoms with Gasteiger partial charge in [0.15, 0.2) is 11.4 Å². The van der Waals surface area contributed by atoms with Crippen molar-refractivity contribution in [2.24, 2.45) is 0 Å². The van der Waals surface area contributed by atoms with Gasteiger partial charge >= 0.3 is 0 Å². The van der Waals surface area contributed by atoms with Gasteiger partial charge in [0, 0.05) is 30.3 Å². The monoisotopic (exact) mass is 499 g/mol. The smallest absolute Gasteiger partial charge is 0.268 e. The van der Waals surface area contributed by atoms with Crippen molar-refractivity contribution < 1.29 is 27.9 Å². The van der Waals surface area contributed by atoms with Gasteiger partial charge in [-0.2, -0.15) is 5.06 Å². The van der Waals surface area contributed by atoms with Gasteiger partial charge in [0.25, 0.3) is 5.91 Å². The molecule has 0 atom stereocenters. The van der Waals surface area contributed by atoms with Gasteiger partial charge < -0.3 is 15.4 Å². The summed E-state index contributed by atoms with van der Waals surface area (Å²) in [4.78, 5) is 30.2. The van der Waals surface area contributed by atoms with Crippen LogP contribution < -0.4 is 15.4 Å². The van der Waals surface area contributed by atoms with E-state index < -0.39 is 17.2 Å². The number of carbonyl (C=O) groups is 2. The van der Waals surface area contributed by atoms with Gasteiger partial charge in [-0.1, -0.05) is 31.2 Å². The Balaban J connectivity index is 1.44. The lowest BCUT2D eigenvalue weighted by Crippen LogP contribution is -2.52. The van der Waals surface area contributed by atoms with E-state index in [9.17, 15) is 14.0 Å². The Morgan fingerprint density at radius 2 is 2.03 bits per heavy atom. The third kappa shape index (κ3) is 5.27. The third-order valence-corrected chi connectivity index (χ3v) is 6.78. The summed E-state index contributed by atoms with van der Waals surface area (Å²) in [7, 11) is 1.49. The summed E-state index contributed by atoms with van der Waals surface area (Å²) < 4.78 is 35.6. The molecule has 3 aliphatic rings. The van der Waals surface area contributed by atoms with Crippen LogP contribution in [0.5, 0.6) is 5.75 Å². The van der Waals surface area contributed by atoms with Crippen molar-refractivity contribution in [1.82, 2.24) is 10.4 Å². The number of carbonyl (C=O) groups excluding carboxylic acids is 2. The summed E-state index contributed by atoms with van der Waals surface area (Å²) in [5, 5.41) is 6.75. The van der Waals surface area contributed by atoms with E-state index in [-0.39, 0.29) is 36.2 Å². The predicted molar refractivity (Wildman–Crippen MR) is 132 cm³/mol. The number of nitrogens with one attached hydrogen (secondary N) is 2. The largest absolute Gasteiger partial charge is 0.475 e. The lowest BCUT2D eigenvalue weighted by molar-refractivity contribution is -0.157. The second kappa shape index (κ2) is 10.8. The zero-order valence-electron chi connectivity index (χ0n) is 20.6. The summed E-state index contributed by atoms with van der Waals surface area (Å²) in [6.45, 7) is 5.47. The number of halogens is 2. The van der Waals surface area contributed by atoms with Crippen molar-refractivity contribution in [2.45, 2.75) is 51.2 Å².